The van der Waals surface area contributed by atoms with Crippen LogP contribution >= 0.6 is 0 Å². The van der Waals surface area contributed by atoms with Crippen molar-refractivity contribution < 1.29 is 23.9 Å². The standard InChI is InChI=1S/C18H16O5/c19-16(13-23-18(21)15-9-5-2-6-10-15)11-17(20)22-12-14-7-3-1-4-8-14/h1-10H,11-13H2. The molecule has 0 atom stereocenters. The fraction of sp³-hybridized carbons (Fsp3) is 0.167. The molecule has 2 aromatic rings. The van der Waals surface area contributed by atoms with Gasteiger partial charge in [-0.25, -0.2) is 4.79 Å². The minimum Gasteiger partial charge on any atom is -0.460 e. The molecule has 5 heteroatoms. The zero-order valence-electron chi connectivity index (χ0n) is 12.4. The summed E-state index contributed by atoms with van der Waals surface area (Å²) in [4.78, 5) is 34.8. The van der Waals surface area contributed by atoms with Crippen molar-refractivity contribution in [1.29, 1.82) is 0 Å². The molecule has 0 saturated heterocycles. The summed E-state index contributed by atoms with van der Waals surface area (Å²) < 4.78 is 9.85. The highest BCUT2D eigenvalue weighted by Gasteiger charge is 2.14. The lowest BCUT2D eigenvalue weighted by atomic mass is 10.2. The van der Waals surface area contributed by atoms with E-state index in [1.54, 1.807) is 30.3 Å². The van der Waals surface area contributed by atoms with Crippen molar-refractivity contribution in [2.75, 3.05) is 6.61 Å². The van der Waals surface area contributed by atoms with Crippen molar-refractivity contribution in [3.8, 4) is 0 Å². The van der Waals surface area contributed by atoms with Gasteiger partial charge in [-0.3, -0.25) is 9.59 Å². The summed E-state index contributed by atoms with van der Waals surface area (Å²) in [5.41, 5.74) is 1.19. The van der Waals surface area contributed by atoms with Crippen LogP contribution in [0.5, 0.6) is 0 Å². The first-order valence-corrected chi connectivity index (χ1v) is 7.08. The molecule has 0 heterocycles. The van der Waals surface area contributed by atoms with Gasteiger partial charge in [-0.05, 0) is 17.7 Å². The maximum atomic E-state index is 11.7. The van der Waals surface area contributed by atoms with Gasteiger partial charge in [0.05, 0.1) is 5.56 Å². The predicted molar refractivity (Wildman–Crippen MR) is 82.6 cm³/mol. The molecule has 5 nitrogen and oxygen atoms in total. The first-order chi connectivity index (χ1) is 11.1. The highest BCUT2D eigenvalue weighted by atomic mass is 16.5. The minimum absolute atomic E-state index is 0.108. The van der Waals surface area contributed by atoms with E-state index in [4.69, 9.17) is 9.47 Å². The first-order valence-electron chi connectivity index (χ1n) is 7.08. The number of Topliss-reactive ketones (excluding diaryl/α,β-unsaturated/α-hetero) is 1. The van der Waals surface area contributed by atoms with Crippen LogP contribution in [-0.4, -0.2) is 24.3 Å². The third-order valence-electron chi connectivity index (χ3n) is 2.96. The number of hydrogen-bond donors (Lipinski definition) is 0. The van der Waals surface area contributed by atoms with Gasteiger partial charge >= 0.3 is 11.9 Å². The Morgan fingerprint density at radius 3 is 2.04 bits per heavy atom. The summed E-state index contributed by atoms with van der Waals surface area (Å²) in [5, 5.41) is 0. The van der Waals surface area contributed by atoms with Crippen LogP contribution in [0.3, 0.4) is 0 Å². The number of ketones is 1. The highest BCUT2D eigenvalue weighted by Crippen LogP contribution is 2.03. The second kappa shape index (κ2) is 8.48. The Morgan fingerprint density at radius 2 is 1.39 bits per heavy atom. The summed E-state index contributed by atoms with van der Waals surface area (Å²) in [5.74, 6) is -1.75. The maximum absolute atomic E-state index is 11.7. The maximum Gasteiger partial charge on any atom is 0.338 e. The molecule has 0 saturated carbocycles. The zero-order chi connectivity index (χ0) is 16.5. The predicted octanol–water partition coefficient (Wildman–Crippen LogP) is 2.55. The van der Waals surface area contributed by atoms with Gasteiger partial charge in [0.2, 0.25) is 0 Å². The van der Waals surface area contributed by atoms with Gasteiger partial charge in [0.15, 0.2) is 12.4 Å². The number of carbonyl (C=O) groups excluding carboxylic acids is 3. The van der Waals surface area contributed by atoms with Crippen LogP contribution < -0.4 is 0 Å². The number of ether oxygens (including phenoxy) is 2. The number of carbonyl (C=O) groups is 3. The molecule has 23 heavy (non-hydrogen) atoms. The van der Waals surface area contributed by atoms with Crippen LogP contribution in [0.2, 0.25) is 0 Å². The van der Waals surface area contributed by atoms with Crippen LogP contribution in [-0.2, 0) is 25.7 Å². The average Bonchev–Trinajstić information content (AvgIpc) is 2.59. The first kappa shape index (κ1) is 16.4. The van der Waals surface area contributed by atoms with Crippen molar-refractivity contribution in [2.45, 2.75) is 13.0 Å². The van der Waals surface area contributed by atoms with Gasteiger partial charge in [0, 0.05) is 0 Å². The lowest BCUT2D eigenvalue weighted by molar-refractivity contribution is -0.147. The average molecular weight is 312 g/mol. The quantitative estimate of drug-likeness (QED) is 0.580. The second-order valence-corrected chi connectivity index (χ2v) is 4.80. The van der Waals surface area contributed by atoms with Gasteiger partial charge in [-0.2, -0.15) is 0 Å². The third kappa shape index (κ3) is 5.74. The molecule has 0 radical (unpaired) electrons. The molecule has 0 aromatic heterocycles. The van der Waals surface area contributed by atoms with E-state index in [2.05, 4.69) is 0 Å². The van der Waals surface area contributed by atoms with Crippen LogP contribution in [0.1, 0.15) is 22.3 Å². The summed E-state index contributed by atoms with van der Waals surface area (Å²) in [6, 6.07) is 17.5. The molecule has 2 rings (SSSR count). The summed E-state index contributed by atoms with van der Waals surface area (Å²) >= 11 is 0. The number of esters is 2. The summed E-state index contributed by atoms with van der Waals surface area (Å²) in [7, 11) is 0. The molecule has 0 spiro atoms. The fourth-order valence-corrected chi connectivity index (χ4v) is 1.80. The number of hydrogen-bond acceptors (Lipinski definition) is 5. The van der Waals surface area contributed by atoms with Crippen LogP contribution in [0.4, 0.5) is 0 Å². The number of rotatable bonds is 7. The molecule has 0 unspecified atom stereocenters. The smallest absolute Gasteiger partial charge is 0.338 e. The van der Waals surface area contributed by atoms with Crippen molar-refractivity contribution in [3.63, 3.8) is 0 Å². The van der Waals surface area contributed by atoms with Crippen molar-refractivity contribution in [2.24, 2.45) is 0 Å². The van der Waals surface area contributed by atoms with Crippen LogP contribution in [0.25, 0.3) is 0 Å². The van der Waals surface area contributed by atoms with Crippen molar-refractivity contribution in [1.82, 2.24) is 0 Å². The normalized spacial score (nSPS) is 9.91. The Morgan fingerprint density at radius 1 is 0.783 bits per heavy atom. The summed E-state index contributed by atoms with van der Waals surface area (Å²) in [6.07, 6.45) is -0.422. The fourth-order valence-electron chi connectivity index (χ4n) is 1.80. The van der Waals surface area contributed by atoms with Gasteiger partial charge in [-0.1, -0.05) is 48.5 Å². The Hall–Kier alpha value is -2.95. The number of benzene rings is 2. The van der Waals surface area contributed by atoms with E-state index in [0.717, 1.165) is 5.56 Å². The Bertz CT molecular complexity index is 664. The van der Waals surface area contributed by atoms with Crippen LogP contribution in [0.15, 0.2) is 60.7 Å². The van der Waals surface area contributed by atoms with E-state index in [-0.39, 0.29) is 6.61 Å². The van der Waals surface area contributed by atoms with E-state index in [1.165, 1.54) is 0 Å². The third-order valence-corrected chi connectivity index (χ3v) is 2.96. The highest BCUT2D eigenvalue weighted by molar-refractivity contribution is 5.98. The van der Waals surface area contributed by atoms with Crippen molar-refractivity contribution in [3.05, 3.63) is 71.8 Å². The van der Waals surface area contributed by atoms with Gasteiger partial charge < -0.3 is 9.47 Å². The Labute approximate surface area is 133 Å². The lowest BCUT2D eigenvalue weighted by Crippen LogP contribution is -2.18. The van der Waals surface area contributed by atoms with E-state index in [9.17, 15) is 14.4 Å². The molecule has 118 valence electrons. The molecular weight excluding hydrogens is 296 g/mol. The molecule has 0 N–H and O–H groups in total. The molecule has 0 amide bonds. The van der Waals surface area contributed by atoms with E-state index in [1.807, 2.05) is 30.3 Å². The van der Waals surface area contributed by atoms with Gasteiger partial charge in [-0.15, -0.1) is 0 Å². The molecule has 0 aliphatic heterocycles. The lowest BCUT2D eigenvalue weighted by Gasteiger charge is -2.05. The minimum atomic E-state index is -0.644. The topological polar surface area (TPSA) is 69.7 Å². The van der Waals surface area contributed by atoms with Gasteiger partial charge in [0.1, 0.15) is 13.0 Å². The molecular formula is C18H16O5. The molecule has 0 aliphatic rings. The Kier molecular flexibility index (Phi) is 6.06. The van der Waals surface area contributed by atoms with E-state index < -0.39 is 30.7 Å². The molecule has 0 bridgehead atoms. The summed E-state index contributed by atoms with van der Waals surface area (Å²) in [6.45, 7) is -0.342. The van der Waals surface area contributed by atoms with Crippen LogP contribution in [0, 0.1) is 0 Å². The van der Waals surface area contributed by atoms with E-state index in [0.29, 0.717) is 5.56 Å². The SMILES string of the molecule is O=C(COC(=O)c1ccccc1)CC(=O)OCc1ccccc1. The zero-order valence-corrected chi connectivity index (χ0v) is 12.4. The van der Waals surface area contributed by atoms with E-state index >= 15 is 0 Å². The molecule has 0 aliphatic carbocycles. The largest absolute Gasteiger partial charge is 0.460 e. The second-order valence-electron chi connectivity index (χ2n) is 4.80. The van der Waals surface area contributed by atoms with Crippen molar-refractivity contribution >= 4 is 17.7 Å². The molecule has 2 aromatic carbocycles. The molecule has 0 fully saturated rings. The monoisotopic (exact) mass is 312 g/mol. The van der Waals surface area contributed by atoms with Gasteiger partial charge in [0.25, 0.3) is 0 Å². The Balaban J connectivity index is 1.70.